The van der Waals surface area contributed by atoms with Crippen molar-refractivity contribution in [2.75, 3.05) is 11.6 Å². The number of benzene rings is 2. The van der Waals surface area contributed by atoms with Crippen LogP contribution in [0.2, 0.25) is 5.02 Å². The van der Waals surface area contributed by atoms with E-state index in [1.165, 1.54) is 22.8 Å². The number of carbonyl (C=O) groups is 1. The fraction of sp³-hybridized carbons (Fsp3) is 0.150. The maximum absolute atomic E-state index is 13.9. The van der Waals surface area contributed by atoms with Gasteiger partial charge in [0.15, 0.2) is 0 Å². The van der Waals surface area contributed by atoms with E-state index in [2.05, 4.69) is 6.58 Å². The second kappa shape index (κ2) is 8.39. The number of carbonyl (C=O) groups excluding carboxylic acids is 1. The Morgan fingerprint density at radius 1 is 1.29 bits per heavy atom. The third-order valence-corrected chi connectivity index (χ3v) is 7.16. The molecule has 1 amide bonds. The highest BCUT2D eigenvalue weighted by Crippen LogP contribution is 2.56. The Kier molecular flexibility index (Phi) is 6.35. The van der Waals surface area contributed by atoms with Crippen LogP contribution < -0.4 is 4.90 Å². The number of thiophene rings is 1. The first-order valence-corrected chi connectivity index (χ1v) is 12.1. The van der Waals surface area contributed by atoms with Gasteiger partial charge in [0.1, 0.15) is 11.5 Å². The van der Waals surface area contributed by atoms with Gasteiger partial charge in [0.25, 0.3) is 0 Å². The molecule has 1 N–H and O–H groups in total. The molecule has 164 valence electrons. The summed E-state index contributed by atoms with van der Waals surface area (Å²) in [6.07, 6.45) is -3.98. The Labute approximate surface area is 183 Å². The summed E-state index contributed by atoms with van der Waals surface area (Å²) in [6.45, 7) is 4.38. The van der Waals surface area contributed by atoms with Gasteiger partial charge in [0.2, 0.25) is 13.3 Å². The molecule has 2 aromatic carbocycles. The summed E-state index contributed by atoms with van der Waals surface area (Å²) in [5.74, 6) is -2.25. The number of nitrogens with zero attached hydrogens (tertiary/aromatic N) is 1. The average molecular weight is 492 g/mol. The van der Waals surface area contributed by atoms with Crippen LogP contribution in [-0.4, -0.2) is 17.5 Å². The van der Waals surface area contributed by atoms with Crippen LogP contribution >= 0.6 is 30.3 Å². The number of alkyl halides is 3. The molecule has 1 heterocycles. The van der Waals surface area contributed by atoms with Crippen molar-refractivity contribution in [3.63, 3.8) is 0 Å². The third-order valence-electron chi connectivity index (χ3n) is 4.48. The maximum Gasteiger partial charge on any atom is 0.416 e. The van der Waals surface area contributed by atoms with Crippen molar-refractivity contribution < 1.29 is 31.8 Å². The topological polar surface area (TPSA) is 57.6 Å². The number of fused-ring (bicyclic) bond motifs is 1. The molecule has 2 unspecified atom stereocenters. The van der Waals surface area contributed by atoms with Crippen molar-refractivity contribution in [3.05, 3.63) is 76.5 Å². The minimum atomic E-state index is -4.86. The number of rotatable bonds is 5. The summed E-state index contributed by atoms with van der Waals surface area (Å²) in [7, 11) is -4.18. The lowest BCUT2D eigenvalue weighted by atomic mass is 10.1. The summed E-state index contributed by atoms with van der Waals surface area (Å²) in [5, 5.41) is 2.32. The molecule has 0 aliphatic carbocycles. The molecule has 0 saturated heterocycles. The lowest BCUT2D eigenvalue weighted by Crippen LogP contribution is -2.31. The molecule has 1 aromatic heterocycles. The second-order valence-electron chi connectivity index (χ2n) is 6.76. The molecule has 2 atom stereocenters. The summed E-state index contributed by atoms with van der Waals surface area (Å²) >= 11 is 7.23. The highest BCUT2D eigenvalue weighted by Gasteiger charge is 2.40. The van der Waals surface area contributed by atoms with E-state index in [1.54, 1.807) is 12.1 Å². The highest BCUT2D eigenvalue weighted by atomic mass is 35.5. The Morgan fingerprint density at radius 2 is 1.97 bits per heavy atom. The van der Waals surface area contributed by atoms with Gasteiger partial charge in [-0.15, -0.1) is 11.3 Å². The number of hydrogen-bond donors (Lipinski definition) is 1. The summed E-state index contributed by atoms with van der Waals surface area (Å²) in [5.41, 5.74) is -3.21. The largest absolute Gasteiger partial charge is 0.416 e. The van der Waals surface area contributed by atoms with E-state index < -0.39 is 42.2 Å². The van der Waals surface area contributed by atoms with Crippen molar-refractivity contribution in [1.82, 2.24) is 0 Å². The van der Waals surface area contributed by atoms with Crippen molar-refractivity contribution in [2.45, 2.75) is 11.8 Å². The van der Waals surface area contributed by atoms with E-state index in [9.17, 15) is 31.8 Å². The van der Waals surface area contributed by atoms with E-state index in [1.807, 2.05) is 0 Å². The van der Waals surface area contributed by atoms with Gasteiger partial charge in [-0.25, -0.2) is 4.39 Å². The zero-order chi connectivity index (χ0) is 23.1. The van der Waals surface area contributed by atoms with Gasteiger partial charge in [-0.3, -0.25) is 14.3 Å². The van der Waals surface area contributed by atoms with Crippen molar-refractivity contribution >= 4 is 52.0 Å². The Bertz CT molecular complexity index is 1220. The van der Waals surface area contributed by atoms with Crippen LogP contribution in [0.15, 0.2) is 54.6 Å². The SMILES string of the molecule is C=CN(C(=O)C(c1csc2ccc(Cl)cc12)P(C)(=O)O)c1cc(F)cc(C(F)(F)F)c1. The Morgan fingerprint density at radius 3 is 2.55 bits per heavy atom. The normalized spacial score (nSPS) is 14.8. The highest BCUT2D eigenvalue weighted by molar-refractivity contribution is 7.58. The zero-order valence-corrected chi connectivity index (χ0v) is 18.3. The second-order valence-corrected chi connectivity index (χ2v) is 10.5. The van der Waals surface area contributed by atoms with Gasteiger partial charge < -0.3 is 4.89 Å². The van der Waals surface area contributed by atoms with Crippen LogP contribution in [-0.2, 0) is 15.5 Å². The van der Waals surface area contributed by atoms with Crippen LogP contribution in [0.5, 0.6) is 0 Å². The number of halogens is 5. The summed E-state index contributed by atoms with van der Waals surface area (Å²) in [6, 6.07) is 6.40. The number of anilines is 1. The molecule has 0 saturated carbocycles. The van der Waals surface area contributed by atoms with Gasteiger partial charge in [-0.2, -0.15) is 13.2 Å². The monoisotopic (exact) mass is 491 g/mol. The molecule has 0 fully saturated rings. The zero-order valence-electron chi connectivity index (χ0n) is 15.9. The smallest absolute Gasteiger partial charge is 0.344 e. The first-order valence-electron chi connectivity index (χ1n) is 8.63. The molecule has 0 aliphatic rings. The third kappa shape index (κ3) is 4.85. The fourth-order valence-electron chi connectivity index (χ4n) is 3.16. The molecule has 11 heteroatoms. The minimum Gasteiger partial charge on any atom is -0.344 e. The molecular weight excluding hydrogens is 477 g/mol. The standard InChI is InChI=1S/C20H15ClF4NO3PS/c1-3-26(14-7-11(20(23,24)25)6-13(22)9-14)19(27)18(30(2,28)29)16-10-31-17-5-4-12(21)8-15(16)17/h3-10,18H,1H2,2H3,(H,28,29). The van der Waals surface area contributed by atoms with Gasteiger partial charge in [0.05, 0.1) is 11.3 Å². The van der Waals surface area contributed by atoms with Crippen LogP contribution in [0.1, 0.15) is 16.8 Å². The lowest BCUT2D eigenvalue weighted by Gasteiger charge is -2.26. The van der Waals surface area contributed by atoms with Crippen molar-refractivity contribution in [2.24, 2.45) is 0 Å². The first kappa shape index (κ1) is 23.5. The molecule has 3 rings (SSSR count). The molecule has 31 heavy (non-hydrogen) atoms. The predicted molar refractivity (Wildman–Crippen MR) is 114 cm³/mol. The summed E-state index contributed by atoms with van der Waals surface area (Å²) < 4.78 is 66.6. The minimum absolute atomic E-state index is 0.195. The van der Waals surface area contributed by atoms with E-state index >= 15 is 0 Å². The first-order chi connectivity index (χ1) is 14.3. The molecular formula is C20H15ClF4NO3PS. The Balaban J connectivity index is 2.16. The molecule has 0 bridgehead atoms. The van der Waals surface area contributed by atoms with Gasteiger partial charge in [-0.05, 0) is 52.7 Å². The van der Waals surface area contributed by atoms with Gasteiger partial charge >= 0.3 is 6.18 Å². The summed E-state index contributed by atoms with van der Waals surface area (Å²) in [4.78, 5) is 24.3. The van der Waals surface area contributed by atoms with Crippen molar-refractivity contribution in [3.8, 4) is 0 Å². The van der Waals surface area contributed by atoms with E-state index in [0.717, 1.165) is 12.9 Å². The quantitative estimate of drug-likeness (QED) is 0.314. The van der Waals surface area contributed by atoms with E-state index in [-0.39, 0.29) is 11.6 Å². The Hall–Kier alpha value is -2.19. The van der Waals surface area contributed by atoms with Crippen LogP contribution in [0.3, 0.4) is 0 Å². The van der Waals surface area contributed by atoms with Crippen molar-refractivity contribution in [1.29, 1.82) is 0 Å². The fourth-order valence-corrected chi connectivity index (χ4v) is 5.66. The van der Waals surface area contributed by atoms with Crippen LogP contribution in [0.25, 0.3) is 10.1 Å². The molecule has 0 spiro atoms. The van der Waals surface area contributed by atoms with Gasteiger partial charge in [-0.1, -0.05) is 18.2 Å². The van der Waals surface area contributed by atoms with Gasteiger partial charge in [0, 0.05) is 22.6 Å². The average Bonchev–Trinajstić information content (AvgIpc) is 3.03. The van der Waals surface area contributed by atoms with Crippen LogP contribution in [0.4, 0.5) is 23.2 Å². The molecule has 0 radical (unpaired) electrons. The number of hydrogen-bond acceptors (Lipinski definition) is 3. The maximum atomic E-state index is 13.9. The van der Waals surface area contributed by atoms with E-state index in [0.29, 0.717) is 32.1 Å². The molecule has 3 aromatic rings. The lowest BCUT2D eigenvalue weighted by molar-refractivity contribution is -0.137. The predicted octanol–water partition coefficient (Wildman–Crippen LogP) is 6.83. The van der Waals surface area contributed by atoms with E-state index in [4.69, 9.17) is 11.6 Å². The molecule has 0 aliphatic heterocycles. The molecule has 4 nitrogen and oxygen atoms in total. The number of amides is 1. The van der Waals surface area contributed by atoms with Crippen LogP contribution in [0, 0.1) is 5.82 Å².